The Morgan fingerprint density at radius 1 is 1.50 bits per heavy atom. The average molecular weight is 363 g/mol. The summed E-state index contributed by atoms with van der Waals surface area (Å²) in [5.41, 5.74) is 2.47. The van der Waals surface area contributed by atoms with Crippen molar-refractivity contribution in [1.29, 1.82) is 0 Å². The molecule has 1 aliphatic heterocycles. The maximum Gasteiger partial charge on any atom is 0.244 e. The van der Waals surface area contributed by atoms with E-state index in [1.54, 1.807) is 6.07 Å². The van der Waals surface area contributed by atoms with E-state index >= 15 is 0 Å². The van der Waals surface area contributed by atoms with Crippen molar-refractivity contribution in [3.8, 4) is 0 Å². The first kappa shape index (κ1) is 15.1. The molecular weight excluding hydrogens is 351 g/mol. The lowest BCUT2D eigenvalue weighted by atomic mass is 10.1. The molecular formula is C12H12BrFN2O3S. The van der Waals surface area contributed by atoms with Crippen molar-refractivity contribution < 1.29 is 17.6 Å². The molecule has 1 atom stereocenters. The molecule has 1 aromatic carbocycles. The Morgan fingerprint density at radius 3 is 2.85 bits per heavy atom. The summed E-state index contributed by atoms with van der Waals surface area (Å²) >= 11 is 3.13. The molecule has 1 heterocycles. The first-order valence-corrected chi connectivity index (χ1v) is 8.47. The number of halogens is 2. The van der Waals surface area contributed by atoms with E-state index in [1.807, 2.05) is 0 Å². The zero-order chi connectivity index (χ0) is 14.8. The minimum atomic E-state index is -3.11. The van der Waals surface area contributed by atoms with E-state index in [2.05, 4.69) is 26.5 Å². The standard InChI is InChI=1S/C12H12BrFN2O3S/c13-10-2-1-8(11(14)5-10)6-15-16-12(17)9-3-4-20(18,19)7-9/h1-2,5-6,9H,3-4,7H2,(H,16,17)/b15-6-/t9-/m1/s1. The lowest BCUT2D eigenvalue weighted by Gasteiger charge is -2.04. The molecule has 0 aliphatic carbocycles. The van der Waals surface area contributed by atoms with E-state index in [-0.39, 0.29) is 17.1 Å². The van der Waals surface area contributed by atoms with Crippen LogP contribution in [0.2, 0.25) is 0 Å². The fourth-order valence-corrected chi connectivity index (χ4v) is 3.94. The number of nitrogens with one attached hydrogen (secondary N) is 1. The third-order valence-corrected chi connectivity index (χ3v) is 5.21. The lowest BCUT2D eigenvalue weighted by Crippen LogP contribution is -2.27. The molecule has 1 fully saturated rings. The highest BCUT2D eigenvalue weighted by atomic mass is 79.9. The van der Waals surface area contributed by atoms with Crippen LogP contribution in [0, 0.1) is 11.7 Å². The van der Waals surface area contributed by atoms with E-state index < -0.39 is 27.5 Å². The number of rotatable bonds is 3. The van der Waals surface area contributed by atoms with Crippen LogP contribution in [0.4, 0.5) is 4.39 Å². The number of hydrogen-bond donors (Lipinski definition) is 1. The quantitative estimate of drug-likeness (QED) is 0.653. The van der Waals surface area contributed by atoms with Gasteiger partial charge in [0.1, 0.15) is 5.82 Å². The van der Waals surface area contributed by atoms with E-state index in [9.17, 15) is 17.6 Å². The lowest BCUT2D eigenvalue weighted by molar-refractivity contribution is -0.124. The maximum absolute atomic E-state index is 13.5. The highest BCUT2D eigenvalue weighted by Crippen LogP contribution is 2.18. The van der Waals surface area contributed by atoms with Crippen LogP contribution in [0.1, 0.15) is 12.0 Å². The summed E-state index contributed by atoms with van der Waals surface area (Å²) in [6.45, 7) is 0. The number of sulfone groups is 1. The Bertz CT molecular complexity index is 661. The van der Waals surface area contributed by atoms with Crippen molar-refractivity contribution in [3.63, 3.8) is 0 Å². The zero-order valence-corrected chi connectivity index (χ0v) is 12.7. The molecule has 0 saturated carbocycles. The van der Waals surface area contributed by atoms with Gasteiger partial charge in [-0.25, -0.2) is 18.2 Å². The van der Waals surface area contributed by atoms with Crippen molar-refractivity contribution >= 4 is 37.9 Å². The number of nitrogens with zero attached hydrogens (tertiary/aromatic N) is 1. The summed E-state index contributed by atoms with van der Waals surface area (Å²) in [7, 11) is -3.11. The van der Waals surface area contributed by atoms with Gasteiger partial charge in [0, 0.05) is 10.0 Å². The molecule has 5 nitrogen and oxygen atoms in total. The van der Waals surface area contributed by atoms with E-state index in [0.717, 1.165) is 0 Å². The molecule has 0 bridgehead atoms. The highest BCUT2D eigenvalue weighted by Gasteiger charge is 2.32. The Hall–Kier alpha value is -1.28. The number of hydrogen-bond acceptors (Lipinski definition) is 4. The average Bonchev–Trinajstić information content (AvgIpc) is 2.72. The third-order valence-electron chi connectivity index (χ3n) is 2.94. The molecule has 1 aliphatic rings. The fraction of sp³-hybridized carbons (Fsp3) is 0.333. The van der Waals surface area contributed by atoms with Crippen LogP contribution < -0.4 is 5.43 Å². The van der Waals surface area contributed by atoms with Gasteiger partial charge < -0.3 is 0 Å². The molecule has 1 amide bonds. The highest BCUT2D eigenvalue weighted by molar-refractivity contribution is 9.10. The van der Waals surface area contributed by atoms with Crippen LogP contribution in [0.15, 0.2) is 27.8 Å². The molecule has 20 heavy (non-hydrogen) atoms. The molecule has 0 spiro atoms. The van der Waals surface area contributed by atoms with Crippen molar-refractivity contribution in [2.45, 2.75) is 6.42 Å². The van der Waals surface area contributed by atoms with Gasteiger partial charge in [-0.3, -0.25) is 4.79 Å². The number of carbonyl (C=O) groups excluding carboxylic acids is 1. The summed E-state index contributed by atoms with van der Waals surface area (Å²) in [4.78, 5) is 11.7. The Labute approximate surface area is 124 Å². The van der Waals surface area contributed by atoms with Gasteiger partial charge in [0.15, 0.2) is 9.84 Å². The van der Waals surface area contributed by atoms with E-state index in [1.165, 1.54) is 18.3 Å². The van der Waals surface area contributed by atoms with Crippen LogP contribution in [-0.4, -0.2) is 32.0 Å². The predicted molar refractivity (Wildman–Crippen MR) is 76.6 cm³/mol. The SMILES string of the molecule is O=C(N/N=C\c1ccc(Br)cc1F)[C@@H]1CCS(=O)(=O)C1. The second-order valence-corrected chi connectivity index (χ2v) is 7.64. The summed E-state index contributed by atoms with van der Waals surface area (Å²) in [6, 6.07) is 4.44. The van der Waals surface area contributed by atoms with Crippen molar-refractivity contribution in [3.05, 3.63) is 34.1 Å². The van der Waals surface area contributed by atoms with Crippen LogP contribution in [0.3, 0.4) is 0 Å². The van der Waals surface area contributed by atoms with Gasteiger partial charge in [-0.15, -0.1) is 0 Å². The van der Waals surface area contributed by atoms with Gasteiger partial charge >= 0.3 is 0 Å². The second-order valence-electron chi connectivity index (χ2n) is 4.50. The summed E-state index contributed by atoms with van der Waals surface area (Å²) < 4.78 is 36.6. The Balaban J connectivity index is 1.95. The third kappa shape index (κ3) is 3.86. The van der Waals surface area contributed by atoms with Crippen LogP contribution in [-0.2, 0) is 14.6 Å². The molecule has 1 aromatic rings. The van der Waals surface area contributed by atoms with E-state index in [0.29, 0.717) is 10.9 Å². The Kier molecular flexibility index (Phi) is 4.54. The number of hydrazone groups is 1. The smallest absolute Gasteiger partial charge is 0.244 e. The summed E-state index contributed by atoms with van der Waals surface area (Å²) in [5.74, 6) is -1.63. The van der Waals surface area contributed by atoms with Gasteiger partial charge in [0.05, 0.1) is 23.6 Å². The van der Waals surface area contributed by atoms with Gasteiger partial charge in [0.25, 0.3) is 0 Å². The predicted octanol–water partition coefficient (Wildman–Crippen LogP) is 1.47. The van der Waals surface area contributed by atoms with Crippen LogP contribution in [0.5, 0.6) is 0 Å². The maximum atomic E-state index is 13.5. The number of carbonyl (C=O) groups is 1. The van der Waals surface area contributed by atoms with Crippen molar-refractivity contribution in [2.75, 3.05) is 11.5 Å². The molecule has 2 rings (SSSR count). The van der Waals surface area contributed by atoms with Gasteiger partial charge in [-0.05, 0) is 24.6 Å². The van der Waals surface area contributed by atoms with Crippen molar-refractivity contribution in [1.82, 2.24) is 5.43 Å². The zero-order valence-electron chi connectivity index (χ0n) is 10.3. The fourth-order valence-electron chi connectivity index (χ4n) is 1.86. The summed E-state index contributed by atoms with van der Waals surface area (Å²) in [6.07, 6.45) is 1.49. The molecule has 0 aromatic heterocycles. The molecule has 1 saturated heterocycles. The first-order valence-electron chi connectivity index (χ1n) is 5.86. The van der Waals surface area contributed by atoms with Gasteiger partial charge in [-0.2, -0.15) is 5.10 Å². The van der Waals surface area contributed by atoms with Crippen LogP contribution in [0.25, 0.3) is 0 Å². The minimum Gasteiger partial charge on any atom is -0.273 e. The second kappa shape index (κ2) is 6.01. The van der Waals surface area contributed by atoms with Gasteiger partial charge in [0.2, 0.25) is 5.91 Å². The molecule has 0 radical (unpaired) electrons. The number of benzene rings is 1. The first-order chi connectivity index (χ1) is 9.37. The Morgan fingerprint density at radius 2 is 2.25 bits per heavy atom. The minimum absolute atomic E-state index is 0.0239. The van der Waals surface area contributed by atoms with Gasteiger partial charge in [-0.1, -0.05) is 15.9 Å². The molecule has 8 heteroatoms. The largest absolute Gasteiger partial charge is 0.273 e. The molecule has 0 unspecified atom stereocenters. The topological polar surface area (TPSA) is 75.6 Å². The van der Waals surface area contributed by atoms with Crippen molar-refractivity contribution in [2.24, 2.45) is 11.0 Å². The van der Waals surface area contributed by atoms with E-state index in [4.69, 9.17) is 0 Å². The van der Waals surface area contributed by atoms with Crippen LogP contribution >= 0.6 is 15.9 Å². The number of amides is 1. The monoisotopic (exact) mass is 362 g/mol. The molecule has 108 valence electrons. The summed E-state index contributed by atoms with van der Waals surface area (Å²) in [5, 5.41) is 3.65. The molecule has 1 N–H and O–H groups in total. The normalized spacial score (nSPS) is 21.2.